The maximum Gasteiger partial charge on any atom is 0.238 e. The van der Waals surface area contributed by atoms with E-state index in [4.69, 9.17) is 11.6 Å². The van der Waals surface area contributed by atoms with Gasteiger partial charge in [0.25, 0.3) is 0 Å². The van der Waals surface area contributed by atoms with Crippen LogP contribution in [-0.2, 0) is 4.79 Å². The average Bonchev–Trinajstić information content (AvgIpc) is 2.62. The third-order valence-corrected chi connectivity index (χ3v) is 3.50. The average molecular weight is 285 g/mol. The molecule has 0 bridgehead atoms. The van der Waals surface area contributed by atoms with Gasteiger partial charge in [-0.2, -0.15) is 0 Å². The van der Waals surface area contributed by atoms with Gasteiger partial charge in [-0.25, -0.2) is 4.39 Å². The van der Waals surface area contributed by atoms with Gasteiger partial charge in [0.15, 0.2) is 0 Å². The molecule has 1 aromatic rings. The van der Waals surface area contributed by atoms with E-state index in [1.165, 1.54) is 31.0 Å². The number of likely N-dealkylation sites (tertiary alicyclic amines) is 1. The van der Waals surface area contributed by atoms with Crippen molar-refractivity contribution in [3.8, 4) is 0 Å². The first kappa shape index (κ1) is 14.3. The molecule has 104 valence electrons. The van der Waals surface area contributed by atoms with E-state index in [9.17, 15) is 9.18 Å². The van der Waals surface area contributed by atoms with E-state index in [2.05, 4.69) is 10.2 Å². The smallest absolute Gasteiger partial charge is 0.238 e. The van der Waals surface area contributed by atoms with Crippen LogP contribution in [0.15, 0.2) is 18.2 Å². The minimum absolute atomic E-state index is 0.146. The molecule has 5 heteroatoms. The molecule has 1 aromatic carbocycles. The van der Waals surface area contributed by atoms with Crippen LogP contribution in [0.3, 0.4) is 0 Å². The van der Waals surface area contributed by atoms with E-state index in [1.807, 2.05) is 0 Å². The van der Waals surface area contributed by atoms with E-state index in [0.29, 0.717) is 11.6 Å². The number of rotatable bonds is 3. The molecular formula is C14H18ClFN2O. The summed E-state index contributed by atoms with van der Waals surface area (Å²) in [6.45, 7) is 2.18. The Hall–Kier alpha value is -1.13. The first-order valence-electron chi connectivity index (χ1n) is 6.62. The molecule has 0 unspecified atom stereocenters. The molecule has 19 heavy (non-hydrogen) atoms. The van der Waals surface area contributed by atoms with Gasteiger partial charge in [0.1, 0.15) is 5.82 Å². The van der Waals surface area contributed by atoms with Gasteiger partial charge < -0.3 is 5.32 Å². The van der Waals surface area contributed by atoms with Crippen LogP contribution in [0.5, 0.6) is 0 Å². The molecule has 0 spiro atoms. The summed E-state index contributed by atoms with van der Waals surface area (Å²) in [7, 11) is 0. The van der Waals surface area contributed by atoms with E-state index in [1.54, 1.807) is 0 Å². The number of hydrogen-bond acceptors (Lipinski definition) is 2. The fourth-order valence-corrected chi connectivity index (χ4v) is 2.45. The summed E-state index contributed by atoms with van der Waals surface area (Å²) in [6.07, 6.45) is 4.69. The molecule has 1 heterocycles. The fraction of sp³-hybridized carbons (Fsp3) is 0.500. The van der Waals surface area contributed by atoms with Gasteiger partial charge in [0.2, 0.25) is 5.91 Å². The minimum atomic E-state index is -0.464. The quantitative estimate of drug-likeness (QED) is 0.924. The minimum Gasteiger partial charge on any atom is -0.322 e. The van der Waals surface area contributed by atoms with Gasteiger partial charge in [0, 0.05) is 5.02 Å². The van der Waals surface area contributed by atoms with Crippen LogP contribution < -0.4 is 5.32 Å². The summed E-state index contributed by atoms with van der Waals surface area (Å²) in [5, 5.41) is 2.99. The van der Waals surface area contributed by atoms with E-state index in [0.717, 1.165) is 25.9 Å². The second-order valence-corrected chi connectivity index (χ2v) is 5.30. The Bertz CT molecular complexity index is 445. The van der Waals surface area contributed by atoms with Gasteiger partial charge in [-0.1, -0.05) is 24.4 Å². The fourth-order valence-electron chi connectivity index (χ4n) is 2.28. The molecule has 1 fully saturated rings. The summed E-state index contributed by atoms with van der Waals surface area (Å²) in [5.41, 5.74) is 0.146. The van der Waals surface area contributed by atoms with Crippen molar-refractivity contribution >= 4 is 23.2 Å². The Morgan fingerprint density at radius 3 is 2.63 bits per heavy atom. The lowest BCUT2D eigenvalue weighted by molar-refractivity contribution is -0.117. The Balaban J connectivity index is 1.91. The zero-order valence-corrected chi connectivity index (χ0v) is 11.5. The van der Waals surface area contributed by atoms with E-state index >= 15 is 0 Å². The molecule has 1 amide bonds. The standard InChI is InChI=1S/C14H18ClFN2O/c15-11-5-6-12(16)13(9-11)17-14(19)10-18-7-3-1-2-4-8-18/h5-6,9H,1-4,7-8,10H2,(H,17,19). The van der Waals surface area contributed by atoms with Crippen molar-refractivity contribution in [2.24, 2.45) is 0 Å². The number of amides is 1. The van der Waals surface area contributed by atoms with Crippen molar-refractivity contribution in [1.82, 2.24) is 4.90 Å². The molecule has 2 rings (SSSR count). The van der Waals surface area contributed by atoms with E-state index < -0.39 is 5.82 Å². The number of anilines is 1. The van der Waals surface area contributed by atoms with Gasteiger partial charge in [-0.3, -0.25) is 9.69 Å². The maximum absolute atomic E-state index is 13.5. The number of nitrogens with one attached hydrogen (secondary N) is 1. The van der Waals surface area contributed by atoms with Crippen molar-refractivity contribution in [3.05, 3.63) is 29.0 Å². The van der Waals surface area contributed by atoms with Crippen LogP contribution in [0.4, 0.5) is 10.1 Å². The zero-order chi connectivity index (χ0) is 13.7. The van der Waals surface area contributed by atoms with Crippen molar-refractivity contribution in [2.75, 3.05) is 25.0 Å². The number of hydrogen-bond donors (Lipinski definition) is 1. The van der Waals surface area contributed by atoms with Crippen molar-refractivity contribution in [3.63, 3.8) is 0 Å². The van der Waals surface area contributed by atoms with Crippen molar-refractivity contribution < 1.29 is 9.18 Å². The lowest BCUT2D eigenvalue weighted by Crippen LogP contribution is -2.34. The Labute approximate surface area is 117 Å². The molecule has 1 saturated heterocycles. The molecule has 0 saturated carbocycles. The highest BCUT2D eigenvalue weighted by atomic mass is 35.5. The summed E-state index contributed by atoms with van der Waals surface area (Å²) in [4.78, 5) is 14.0. The number of nitrogens with zero attached hydrogens (tertiary/aromatic N) is 1. The number of carbonyl (C=O) groups is 1. The van der Waals surface area contributed by atoms with Gasteiger partial charge in [0.05, 0.1) is 12.2 Å². The predicted molar refractivity (Wildman–Crippen MR) is 74.9 cm³/mol. The second kappa shape index (κ2) is 6.87. The zero-order valence-electron chi connectivity index (χ0n) is 10.8. The van der Waals surface area contributed by atoms with E-state index in [-0.39, 0.29) is 11.6 Å². The van der Waals surface area contributed by atoms with Crippen LogP contribution in [0, 0.1) is 5.82 Å². The highest BCUT2D eigenvalue weighted by Gasteiger charge is 2.14. The van der Waals surface area contributed by atoms with Gasteiger partial charge >= 0.3 is 0 Å². The largest absolute Gasteiger partial charge is 0.322 e. The normalized spacial score (nSPS) is 16.9. The van der Waals surface area contributed by atoms with Crippen LogP contribution in [-0.4, -0.2) is 30.4 Å². The van der Waals surface area contributed by atoms with Crippen LogP contribution in [0.25, 0.3) is 0 Å². The number of carbonyl (C=O) groups excluding carboxylic acids is 1. The highest BCUT2D eigenvalue weighted by Crippen LogP contribution is 2.19. The molecule has 3 nitrogen and oxygen atoms in total. The van der Waals surface area contributed by atoms with Crippen molar-refractivity contribution in [2.45, 2.75) is 25.7 Å². The monoisotopic (exact) mass is 284 g/mol. The summed E-state index contributed by atoms with van der Waals surface area (Å²) in [5.74, 6) is -0.656. The molecule has 0 aromatic heterocycles. The number of halogens is 2. The lowest BCUT2D eigenvalue weighted by Gasteiger charge is -2.19. The molecule has 0 aliphatic carbocycles. The summed E-state index contributed by atoms with van der Waals surface area (Å²) >= 11 is 5.79. The topological polar surface area (TPSA) is 32.3 Å². The lowest BCUT2D eigenvalue weighted by atomic mass is 10.2. The number of benzene rings is 1. The molecule has 1 N–H and O–H groups in total. The summed E-state index contributed by atoms with van der Waals surface area (Å²) < 4.78 is 13.5. The predicted octanol–water partition coefficient (Wildman–Crippen LogP) is 3.29. The molecular weight excluding hydrogens is 267 g/mol. The second-order valence-electron chi connectivity index (χ2n) is 4.86. The van der Waals surface area contributed by atoms with Gasteiger partial charge in [-0.05, 0) is 44.1 Å². The SMILES string of the molecule is O=C(CN1CCCCCC1)Nc1cc(Cl)ccc1F. The third kappa shape index (κ3) is 4.48. The Kier molecular flexibility index (Phi) is 5.16. The van der Waals surface area contributed by atoms with Crippen LogP contribution >= 0.6 is 11.6 Å². The first-order valence-corrected chi connectivity index (χ1v) is 7.00. The molecule has 1 aliphatic rings. The first-order chi connectivity index (χ1) is 9.15. The van der Waals surface area contributed by atoms with Crippen molar-refractivity contribution in [1.29, 1.82) is 0 Å². The van der Waals surface area contributed by atoms with Crippen LogP contribution in [0.1, 0.15) is 25.7 Å². The molecule has 0 atom stereocenters. The van der Waals surface area contributed by atoms with Gasteiger partial charge in [-0.15, -0.1) is 0 Å². The highest BCUT2D eigenvalue weighted by molar-refractivity contribution is 6.30. The van der Waals surface area contributed by atoms with Crippen LogP contribution in [0.2, 0.25) is 5.02 Å². The maximum atomic E-state index is 13.5. The third-order valence-electron chi connectivity index (χ3n) is 3.27. The summed E-state index contributed by atoms with van der Waals surface area (Å²) in [6, 6.07) is 4.14. The Morgan fingerprint density at radius 1 is 1.26 bits per heavy atom. The molecule has 1 aliphatic heterocycles. The molecule has 0 radical (unpaired) electrons. The Morgan fingerprint density at radius 2 is 1.95 bits per heavy atom.